The second kappa shape index (κ2) is 7.37. The summed E-state index contributed by atoms with van der Waals surface area (Å²) in [6.45, 7) is 2.73. The summed E-state index contributed by atoms with van der Waals surface area (Å²) in [7, 11) is 0. The topological polar surface area (TPSA) is 58.6 Å². The first-order valence-electron chi connectivity index (χ1n) is 8.87. The fourth-order valence-electron chi connectivity index (χ4n) is 3.68. The molecule has 0 bridgehead atoms. The molecule has 0 radical (unpaired) electrons. The highest BCUT2D eigenvalue weighted by molar-refractivity contribution is 5.80. The zero-order valence-electron chi connectivity index (χ0n) is 14.4. The van der Waals surface area contributed by atoms with Crippen molar-refractivity contribution in [2.24, 2.45) is 5.92 Å². The summed E-state index contributed by atoms with van der Waals surface area (Å²) < 4.78 is 19.4. The Balaban J connectivity index is 1.46. The molecule has 26 heavy (non-hydrogen) atoms. The molecule has 2 fully saturated rings. The lowest BCUT2D eigenvalue weighted by Gasteiger charge is -2.37. The molecule has 1 aromatic carbocycles. The second-order valence-corrected chi connectivity index (χ2v) is 6.69. The van der Waals surface area contributed by atoms with E-state index in [1.165, 1.54) is 12.1 Å². The fraction of sp³-hybridized carbons (Fsp3) is 0.421. The first-order valence-corrected chi connectivity index (χ1v) is 8.87. The van der Waals surface area contributed by atoms with E-state index in [9.17, 15) is 9.18 Å². The van der Waals surface area contributed by atoms with Crippen molar-refractivity contribution in [1.29, 1.82) is 0 Å². The van der Waals surface area contributed by atoms with Gasteiger partial charge in [-0.1, -0.05) is 12.1 Å². The number of fused-ring (bicyclic) bond motifs is 1. The van der Waals surface area contributed by atoms with E-state index in [2.05, 4.69) is 14.9 Å². The van der Waals surface area contributed by atoms with Gasteiger partial charge in [0.05, 0.1) is 18.6 Å². The molecule has 0 unspecified atom stereocenters. The van der Waals surface area contributed by atoms with Crippen LogP contribution < -0.4 is 4.90 Å². The average Bonchev–Trinajstić information content (AvgIpc) is 2.81. The van der Waals surface area contributed by atoms with Crippen molar-refractivity contribution in [1.82, 2.24) is 14.9 Å². The van der Waals surface area contributed by atoms with Crippen molar-refractivity contribution in [2.45, 2.75) is 19.1 Å². The number of benzene rings is 1. The molecule has 2 atom stereocenters. The maximum absolute atomic E-state index is 13.4. The standard InChI is InChI=1S/C19H21FN4O2/c20-15-4-1-3-14(11-15)12-23-9-10-26-17-13-24(8-5-16(17)18(23)25)19-21-6-2-7-22-19/h1-4,6-7,11,16-17H,5,8-10,12-13H2/t16-,17+/m1/s1. The monoisotopic (exact) mass is 356 g/mol. The summed E-state index contributed by atoms with van der Waals surface area (Å²) in [5.74, 6) is 0.300. The number of hydrogen-bond acceptors (Lipinski definition) is 5. The summed E-state index contributed by atoms with van der Waals surface area (Å²) >= 11 is 0. The molecule has 2 saturated heterocycles. The highest BCUT2D eigenvalue weighted by Gasteiger charge is 2.39. The quantitative estimate of drug-likeness (QED) is 0.840. The summed E-state index contributed by atoms with van der Waals surface area (Å²) in [5, 5.41) is 0. The number of hydrogen-bond donors (Lipinski definition) is 0. The van der Waals surface area contributed by atoms with Gasteiger partial charge in [0.15, 0.2) is 0 Å². The predicted molar refractivity (Wildman–Crippen MR) is 93.9 cm³/mol. The third kappa shape index (κ3) is 3.53. The zero-order chi connectivity index (χ0) is 17.9. The number of nitrogens with zero attached hydrogens (tertiary/aromatic N) is 4. The molecular formula is C19H21FN4O2. The third-order valence-electron chi connectivity index (χ3n) is 4.98. The Morgan fingerprint density at radius 2 is 2.04 bits per heavy atom. The van der Waals surface area contributed by atoms with Crippen molar-refractivity contribution < 1.29 is 13.9 Å². The molecule has 0 aliphatic carbocycles. The van der Waals surface area contributed by atoms with Crippen molar-refractivity contribution in [3.8, 4) is 0 Å². The largest absolute Gasteiger partial charge is 0.374 e. The van der Waals surface area contributed by atoms with Crippen LogP contribution in [0.3, 0.4) is 0 Å². The van der Waals surface area contributed by atoms with Crippen molar-refractivity contribution in [3.05, 3.63) is 54.1 Å². The number of amides is 1. The van der Waals surface area contributed by atoms with Gasteiger partial charge >= 0.3 is 0 Å². The van der Waals surface area contributed by atoms with Gasteiger partial charge in [-0.2, -0.15) is 0 Å². The minimum atomic E-state index is -0.282. The Labute approximate surface area is 151 Å². The van der Waals surface area contributed by atoms with Gasteiger partial charge < -0.3 is 14.5 Å². The molecule has 1 amide bonds. The Bertz CT molecular complexity index is 773. The summed E-state index contributed by atoms with van der Waals surface area (Å²) in [5.41, 5.74) is 0.798. The van der Waals surface area contributed by atoms with Gasteiger partial charge in [0, 0.05) is 38.6 Å². The average molecular weight is 356 g/mol. The zero-order valence-corrected chi connectivity index (χ0v) is 14.4. The maximum atomic E-state index is 13.4. The van der Waals surface area contributed by atoms with Gasteiger partial charge in [-0.25, -0.2) is 14.4 Å². The number of carbonyl (C=O) groups is 1. The summed E-state index contributed by atoms with van der Waals surface area (Å²) in [6.07, 6.45) is 3.96. The van der Waals surface area contributed by atoms with E-state index >= 15 is 0 Å². The van der Waals surface area contributed by atoms with E-state index in [1.54, 1.807) is 29.4 Å². The van der Waals surface area contributed by atoms with Crippen LogP contribution in [0.25, 0.3) is 0 Å². The Kier molecular flexibility index (Phi) is 4.79. The lowest BCUT2D eigenvalue weighted by molar-refractivity contribution is -0.137. The molecule has 2 aliphatic rings. The predicted octanol–water partition coefficient (Wildman–Crippen LogP) is 1.87. The van der Waals surface area contributed by atoms with E-state index in [4.69, 9.17) is 4.74 Å². The van der Waals surface area contributed by atoms with Gasteiger partial charge in [-0.3, -0.25) is 4.79 Å². The second-order valence-electron chi connectivity index (χ2n) is 6.69. The van der Waals surface area contributed by atoms with Crippen LogP contribution in [0.1, 0.15) is 12.0 Å². The molecule has 7 heteroatoms. The van der Waals surface area contributed by atoms with Crippen molar-refractivity contribution in [3.63, 3.8) is 0 Å². The van der Waals surface area contributed by atoms with Gasteiger partial charge in [0.25, 0.3) is 0 Å². The van der Waals surface area contributed by atoms with Crippen LogP contribution in [-0.2, 0) is 16.1 Å². The molecule has 1 aromatic heterocycles. The highest BCUT2D eigenvalue weighted by atomic mass is 19.1. The normalized spacial score (nSPS) is 23.5. The fourth-order valence-corrected chi connectivity index (χ4v) is 3.68. The molecule has 2 aliphatic heterocycles. The van der Waals surface area contributed by atoms with Crippen LogP contribution in [-0.4, -0.2) is 53.1 Å². The summed E-state index contributed by atoms with van der Waals surface area (Å²) in [6, 6.07) is 8.19. The Hall–Kier alpha value is -2.54. The summed E-state index contributed by atoms with van der Waals surface area (Å²) in [4.78, 5) is 25.4. The minimum Gasteiger partial charge on any atom is -0.374 e. The van der Waals surface area contributed by atoms with E-state index in [-0.39, 0.29) is 23.7 Å². The molecule has 136 valence electrons. The molecular weight excluding hydrogens is 335 g/mol. The molecule has 4 rings (SSSR count). The van der Waals surface area contributed by atoms with E-state index in [0.29, 0.717) is 45.2 Å². The number of anilines is 1. The molecule has 3 heterocycles. The first kappa shape index (κ1) is 16.9. The van der Waals surface area contributed by atoms with Crippen LogP contribution in [0.15, 0.2) is 42.7 Å². The van der Waals surface area contributed by atoms with E-state index < -0.39 is 0 Å². The number of aromatic nitrogens is 2. The van der Waals surface area contributed by atoms with E-state index in [0.717, 1.165) is 5.56 Å². The molecule has 0 spiro atoms. The number of ether oxygens (including phenoxy) is 1. The Morgan fingerprint density at radius 1 is 1.19 bits per heavy atom. The van der Waals surface area contributed by atoms with Crippen LogP contribution in [0.4, 0.5) is 10.3 Å². The van der Waals surface area contributed by atoms with Crippen molar-refractivity contribution in [2.75, 3.05) is 31.1 Å². The Morgan fingerprint density at radius 3 is 2.85 bits per heavy atom. The van der Waals surface area contributed by atoms with Gasteiger partial charge in [0.1, 0.15) is 5.82 Å². The van der Waals surface area contributed by atoms with Crippen LogP contribution in [0.5, 0.6) is 0 Å². The van der Waals surface area contributed by atoms with Crippen LogP contribution in [0.2, 0.25) is 0 Å². The number of carbonyl (C=O) groups excluding carboxylic acids is 1. The number of halogens is 1. The lowest BCUT2D eigenvalue weighted by atomic mass is 9.92. The molecule has 2 aromatic rings. The molecule has 6 nitrogen and oxygen atoms in total. The van der Waals surface area contributed by atoms with Crippen molar-refractivity contribution >= 4 is 11.9 Å². The molecule has 0 N–H and O–H groups in total. The minimum absolute atomic E-state index is 0.0883. The number of rotatable bonds is 3. The number of piperidine rings is 1. The highest BCUT2D eigenvalue weighted by Crippen LogP contribution is 2.27. The van der Waals surface area contributed by atoms with Gasteiger partial charge in [-0.05, 0) is 30.2 Å². The maximum Gasteiger partial charge on any atom is 0.228 e. The van der Waals surface area contributed by atoms with Crippen LogP contribution >= 0.6 is 0 Å². The van der Waals surface area contributed by atoms with E-state index in [1.807, 2.05) is 6.07 Å². The SMILES string of the molecule is O=C1[C@@H]2CCN(c3ncccn3)C[C@@H]2OCCN1Cc1cccc(F)c1. The van der Waals surface area contributed by atoms with Crippen LogP contribution in [0, 0.1) is 11.7 Å². The van der Waals surface area contributed by atoms with Gasteiger partial charge in [0.2, 0.25) is 11.9 Å². The third-order valence-corrected chi connectivity index (χ3v) is 4.98. The lowest BCUT2D eigenvalue weighted by Crippen LogP contribution is -2.49. The smallest absolute Gasteiger partial charge is 0.228 e. The molecule has 0 saturated carbocycles. The first-order chi connectivity index (χ1) is 12.7. The van der Waals surface area contributed by atoms with Gasteiger partial charge in [-0.15, -0.1) is 0 Å².